The zero-order valence-electron chi connectivity index (χ0n) is 10.6. The monoisotopic (exact) mass is 210 g/mol. The van der Waals surface area contributed by atoms with E-state index in [0.717, 1.165) is 12.1 Å². The van der Waals surface area contributed by atoms with Gasteiger partial charge >= 0.3 is 0 Å². The summed E-state index contributed by atoms with van der Waals surface area (Å²) in [7, 11) is 2.11. The van der Waals surface area contributed by atoms with Gasteiger partial charge < -0.3 is 5.32 Å². The second kappa shape index (κ2) is 4.42. The van der Waals surface area contributed by atoms with Crippen LogP contribution >= 0.6 is 0 Å². The molecule has 2 nitrogen and oxygen atoms in total. The largest absolute Gasteiger partial charge is 0.317 e. The van der Waals surface area contributed by atoms with Crippen LogP contribution in [0.2, 0.25) is 0 Å². The first-order valence-corrected chi connectivity index (χ1v) is 6.52. The first kappa shape index (κ1) is 11.4. The average molecular weight is 210 g/mol. The van der Waals surface area contributed by atoms with Gasteiger partial charge in [-0.2, -0.15) is 0 Å². The second-order valence-electron chi connectivity index (χ2n) is 6.19. The van der Waals surface area contributed by atoms with Crippen molar-refractivity contribution in [2.24, 2.45) is 5.41 Å². The van der Waals surface area contributed by atoms with Crippen molar-refractivity contribution in [2.75, 3.05) is 20.1 Å². The predicted molar refractivity (Wildman–Crippen MR) is 65.1 cm³/mol. The van der Waals surface area contributed by atoms with Crippen molar-refractivity contribution in [1.82, 2.24) is 10.2 Å². The topological polar surface area (TPSA) is 15.3 Å². The molecule has 0 aromatic carbocycles. The summed E-state index contributed by atoms with van der Waals surface area (Å²) in [4.78, 5) is 2.74. The van der Waals surface area contributed by atoms with E-state index in [1.165, 1.54) is 45.2 Å². The maximum Gasteiger partial charge on any atom is 0.0110 e. The van der Waals surface area contributed by atoms with Gasteiger partial charge in [0, 0.05) is 18.6 Å². The molecule has 0 bridgehead atoms. The molecule has 1 saturated heterocycles. The third kappa shape index (κ3) is 2.73. The van der Waals surface area contributed by atoms with Crippen LogP contribution in [0.25, 0.3) is 0 Å². The lowest BCUT2D eigenvalue weighted by atomic mass is 9.89. The molecule has 2 fully saturated rings. The highest BCUT2D eigenvalue weighted by Gasteiger charge is 2.34. The first-order chi connectivity index (χ1) is 7.11. The summed E-state index contributed by atoms with van der Waals surface area (Å²) in [5, 5.41) is 3.45. The van der Waals surface area contributed by atoms with Crippen molar-refractivity contribution in [1.29, 1.82) is 0 Å². The average Bonchev–Trinajstić information content (AvgIpc) is 2.59. The molecule has 88 valence electrons. The lowest BCUT2D eigenvalue weighted by Gasteiger charge is -2.35. The van der Waals surface area contributed by atoms with E-state index < -0.39 is 0 Å². The fourth-order valence-corrected chi connectivity index (χ4v) is 3.22. The summed E-state index contributed by atoms with van der Waals surface area (Å²) in [6.07, 6.45) is 6.96. The van der Waals surface area contributed by atoms with Crippen LogP contribution in [-0.4, -0.2) is 37.1 Å². The third-order valence-corrected chi connectivity index (χ3v) is 4.28. The molecule has 15 heavy (non-hydrogen) atoms. The Labute approximate surface area is 94.4 Å². The SMILES string of the molecule is CNC1CCCC(N2CCC(C)(C)C2)C1. The summed E-state index contributed by atoms with van der Waals surface area (Å²) in [6, 6.07) is 1.63. The molecule has 0 radical (unpaired) electrons. The van der Waals surface area contributed by atoms with E-state index in [9.17, 15) is 0 Å². The number of hydrogen-bond donors (Lipinski definition) is 1. The van der Waals surface area contributed by atoms with Crippen LogP contribution in [0.3, 0.4) is 0 Å². The van der Waals surface area contributed by atoms with Crippen LogP contribution in [-0.2, 0) is 0 Å². The van der Waals surface area contributed by atoms with Crippen LogP contribution in [0.1, 0.15) is 46.0 Å². The van der Waals surface area contributed by atoms with Crippen molar-refractivity contribution in [3.8, 4) is 0 Å². The summed E-state index contributed by atoms with van der Waals surface area (Å²) < 4.78 is 0. The van der Waals surface area contributed by atoms with Crippen LogP contribution in [0.15, 0.2) is 0 Å². The molecule has 2 rings (SSSR count). The summed E-state index contributed by atoms with van der Waals surface area (Å²) in [5.41, 5.74) is 0.562. The summed E-state index contributed by atoms with van der Waals surface area (Å²) in [6.45, 7) is 7.46. The van der Waals surface area contributed by atoms with Crippen molar-refractivity contribution in [2.45, 2.75) is 58.0 Å². The number of nitrogens with zero attached hydrogens (tertiary/aromatic N) is 1. The van der Waals surface area contributed by atoms with Gasteiger partial charge in [-0.15, -0.1) is 0 Å². The molecule has 0 spiro atoms. The molecule has 0 aromatic rings. The maximum absolute atomic E-state index is 3.45. The van der Waals surface area contributed by atoms with Gasteiger partial charge in [0.1, 0.15) is 0 Å². The smallest absolute Gasteiger partial charge is 0.0110 e. The molecule has 0 aromatic heterocycles. The van der Waals surface area contributed by atoms with Crippen LogP contribution in [0, 0.1) is 5.41 Å². The summed E-state index contributed by atoms with van der Waals surface area (Å²) in [5.74, 6) is 0. The number of likely N-dealkylation sites (tertiary alicyclic amines) is 1. The molecule has 1 saturated carbocycles. The Morgan fingerprint density at radius 1 is 1.27 bits per heavy atom. The zero-order valence-corrected chi connectivity index (χ0v) is 10.6. The van der Waals surface area contributed by atoms with E-state index in [-0.39, 0.29) is 0 Å². The number of nitrogens with one attached hydrogen (secondary N) is 1. The number of hydrogen-bond acceptors (Lipinski definition) is 2. The summed E-state index contributed by atoms with van der Waals surface area (Å²) >= 11 is 0. The minimum Gasteiger partial charge on any atom is -0.317 e. The Morgan fingerprint density at radius 2 is 2.07 bits per heavy atom. The Bertz CT molecular complexity index is 213. The van der Waals surface area contributed by atoms with E-state index in [1.807, 2.05) is 0 Å². The highest BCUT2D eigenvalue weighted by Crippen LogP contribution is 2.33. The molecule has 1 heterocycles. The molecule has 2 unspecified atom stereocenters. The fourth-order valence-electron chi connectivity index (χ4n) is 3.22. The zero-order chi connectivity index (χ0) is 10.9. The predicted octanol–water partition coefficient (Wildman–Crippen LogP) is 2.25. The Kier molecular flexibility index (Phi) is 3.36. The third-order valence-electron chi connectivity index (χ3n) is 4.28. The molecule has 1 aliphatic carbocycles. The van der Waals surface area contributed by atoms with E-state index in [2.05, 4.69) is 31.1 Å². The van der Waals surface area contributed by atoms with Crippen LogP contribution in [0.4, 0.5) is 0 Å². The molecule has 2 aliphatic rings. The minimum atomic E-state index is 0.562. The molecular weight excluding hydrogens is 184 g/mol. The van der Waals surface area contributed by atoms with Gasteiger partial charge in [0.15, 0.2) is 0 Å². The first-order valence-electron chi connectivity index (χ1n) is 6.52. The van der Waals surface area contributed by atoms with E-state index in [1.54, 1.807) is 0 Å². The van der Waals surface area contributed by atoms with Gasteiger partial charge in [-0.1, -0.05) is 20.3 Å². The second-order valence-corrected chi connectivity index (χ2v) is 6.19. The highest BCUT2D eigenvalue weighted by atomic mass is 15.2. The van der Waals surface area contributed by atoms with Crippen molar-refractivity contribution >= 4 is 0 Å². The molecular formula is C13H26N2. The normalized spacial score (nSPS) is 37.0. The molecule has 1 aliphatic heterocycles. The van der Waals surface area contributed by atoms with E-state index in [4.69, 9.17) is 0 Å². The van der Waals surface area contributed by atoms with Gasteiger partial charge in [-0.3, -0.25) is 4.90 Å². The number of rotatable bonds is 2. The van der Waals surface area contributed by atoms with Gasteiger partial charge in [-0.25, -0.2) is 0 Å². The van der Waals surface area contributed by atoms with Gasteiger partial charge in [0.2, 0.25) is 0 Å². The molecule has 2 atom stereocenters. The molecule has 2 heteroatoms. The van der Waals surface area contributed by atoms with Gasteiger partial charge in [0.25, 0.3) is 0 Å². The van der Waals surface area contributed by atoms with Crippen LogP contribution in [0.5, 0.6) is 0 Å². The molecule has 0 amide bonds. The van der Waals surface area contributed by atoms with Gasteiger partial charge in [0.05, 0.1) is 0 Å². The van der Waals surface area contributed by atoms with Crippen LogP contribution < -0.4 is 5.32 Å². The van der Waals surface area contributed by atoms with Crippen molar-refractivity contribution in [3.63, 3.8) is 0 Å². The Hall–Kier alpha value is -0.0800. The lowest BCUT2D eigenvalue weighted by Crippen LogP contribution is -2.43. The molecule has 1 N–H and O–H groups in total. The lowest BCUT2D eigenvalue weighted by molar-refractivity contribution is 0.157. The quantitative estimate of drug-likeness (QED) is 0.752. The Balaban J connectivity index is 1.88. The van der Waals surface area contributed by atoms with E-state index >= 15 is 0 Å². The fraction of sp³-hybridized carbons (Fsp3) is 1.00. The highest BCUT2D eigenvalue weighted by molar-refractivity contribution is 4.90. The Morgan fingerprint density at radius 3 is 2.67 bits per heavy atom. The maximum atomic E-state index is 3.45. The standard InChI is InChI=1S/C13H26N2/c1-13(2)7-8-15(10-13)12-6-4-5-11(9-12)14-3/h11-12,14H,4-10H2,1-3H3. The van der Waals surface area contributed by atoms with E-state index in [0.29, 0.717) is 5.41 Å². The van der Waals surface area contributed by atoms with Crippen molar-refractivity contribution < 1.29 is 0 Å². The minimum absolute atomic E-state index is 0.562. The van der Waals surface area contributed by atoms with Gasteiger partial charge in [-0.05, 0) is 44.7 Å². The van der Waals surface area contributed by atoms with Crippen molar-refractivity contribution in [3.05, 3.63) is 0 Å².